The van der Waals surface area contributed by atoms with Crippen LogP contribution in [0.15, 0.2) is 61.2 Å². The molecule has 2 aromatic carbocycles. The Morgan fingerprint density at radius 1 is 1.22 bits per heavy atom. The first kappa shape index (κ1) is 27.7. The number of hydrogen-bond donors (Lipinski definition) is 1. The fourth-order valence-corrected chi connectivity index (χ4v) is 8.14. The summed E-state index contributed by atoms with van der Waals surface area (Å²) in [5.74, 6) is 0.707. The first-order chi connectivity index (χ1) is 19.7. The van der Waals surface area contributed by atoms with Crippen LogP contribution in [0.1, 0.15) is 56.7 Å². The van der Waals surface area contributed by atoms with E-state index in [1.165, 1.54) is 6.92 Å². The van der Waals surface area contributed by atoms with E-state index < -0.39 is 23.1 Å². The Balaban J connectivity index is 1.45. The lowest BCUT2D eigenvalue weighted by atomic mass is 9.48. The standard InChI is InChI=1S/C34H40N2O5/c1-5-18-35-19-17-33-30-25-12-13-27(40-23(4)37)31(30)41-32(33)26(15-16-34(33,39)28(35)20-25)36(21-22(2)3)29(38)14-11-24-9-7-6-8-10-24/h5-14,22,26,28,32,39H,1,15-21H2,2-4H3/t26-,28+,32-,33-,34+/m0/s1. The summed E-state index contributed by atoms with van der Waals surface area (Å²) in [6.45, 7) is 11.6. The van der Waals surface area contributed by atoms with E-state index >= 15 is 0 Å². The lowest BCUT2D eigenvalue weighted by Gasteiger charge is -2.64. The van der Waals surface area contributed by atoms with E-state index in [4.69, 9.17) is 9.47 Å². The Morgan fingerprint density at radius 3 is 2.71 bits per heavy atom. The van der Waals surface area contributed by atoms with Crippen LogP contribution in [0.25, 0.3) is 6.08 Å². The van der Waals surface area contributed by atoms with Crippen molar-refractivity contribution in [2.24, 2.45) is 5.92 Å². The molecule has 7 heteroatoms. The second-order valence-corrected chi connectivity index (χ2v) is 12.4. The molecule has 2 aliphatic heterocycles. The Hall–Kier alpha value is -3.42. The molecule has 0 aromatic heterocycles. The van der Waals surface area contributed by atoms with Gasteiger partial charge in [-0.15, -0.1) is 6.58 Å². The summed E-state index contributed by atoms with van der Waals surface area (Å²) in [4.78, 5) is 30.3. The van der Waals surface area contributed by atoms with Crippen molar-refractivity contribution in [1.29, 1.82) is 0 Å². The molecule has 2 aromatic rings. The van der Waals surface area contributed by atoms with Gasteiger partial charge in [0.2, 0.25) is 5.91 Å². The largest absolute Gasteiger partial charge is 0.483 e. The minimum Gasteiger partial charge on any atom is -0.483 e. The minimum atomic E-state index is -1.05. The van der Waals surface area contributed by atoms with Crippen LogP contribution in [0.4, 0.5) is 0 Å². The number of amides is 1. The average Bonchev–Trinajstić information content (AvgIpc) is 3.29. The highest BCUT2D eigenvalue weighted by atomic mass is 16.6. The van der Waals surface area contributed by atoms with Gasteiger partial charge in [0.05, 0.1) is 17.1 Å². The molecular formula is C34H40N2O5. The van der Waals surface area contributed by atoms with Crippen LogP contribution < -0.4 is 9.47 Å². The number of carbonyl (C=O) groups excluding carboxylic acids is 2. The fourth-order valence-electron chi connectivity index (χ4n) is 8.14. The summed E-state index contributed by atoms with van der Waals surface area (Å²) in [5, 5.41) is 12.8. The highest BCUT2D eigenvalue weighted by Crippen LogP contribution is 2.66. The maximum atomic E-state index is 13.9. The summed E-state index contributed by atoms with van der Waals surface area (Å²) < 4.78 is 12.5. The predicted molar refractivity (Wildman–Crippen MR) is 158 cm³/mol. The summed E-state index contributed by atoms with van der Waals surface area (Å²) in [6, 6.07) is 13.3. The number of piperidine rings is 1. The predicted octanol–water partition coefficient (Wildman–Crippen LogP) is 4.52. The van der Waals surface area contributed by atoms with Gasteiger partial charge in [-0.2, -0.15) is 0 Å². The van der Waals surface area contributed by atoms with Crippen molar-refractivity contribution in [3.63, 3.8) is 0 Å². The van der Waals surface area contributed by atoms with Gasteiger partial charge in [-0.3, -0.25) is 14.5 Å². The molecule has 0 unspecified atom stereocenters. The van der Waals surface area contributed by atoms with E-state index in [1.54, 1.807) is 6.08 Å². The van der Waals surface area contributed by atoms with Gasteiger partial charge in [0.25, 0.3) is 0 Å². The Labute approximate surface area is 242 Å². The van der Waals surface area contributed by atoms with Gasteiger partial charge >= 0.3 is 5.97 Å². The molecule has 41 heavy (non-hydrogen) atoms. The van der Waals surface area contributed by atoms with Gasteiger partial charge in [-0.1, -0.05) is 56.3 Å². The zero-order chi connectivity index (χ0) is 28.9. The molecule has 1 saturated carbocycles. The highest BCUT2D eigenvalue weighted by Gasteiger charge is 2.73. The Morgan fingerprint density at radius 2 is 2.00 bits per heavy atom. The number of carbonyl (C=O) groups is 2. The number of hydrogen-bond acceptors (Lipinski definition) is 6. The van der Waals surface area contributed by atoms with Gasteiger partial charge in [0.15, 0.2) is 11.5 Å². The third kappa shape index (κ3) is 4.32. The molecule has 2 fully saturated rings. The van der Waals surface area contributed by atoms with Crippen molar-refractivity contribution in [1.82, 2.24) is 9.80 Å². The zero-order valence-electron chi connectivity index (χ0n) is 24.2. The lowest BCUT2D eigenvalue weighted by molar-refractivity contribution is -0.199. The molecule has 7 nitrogen and oxygen atoms in total. The molecule has 1 N–H and O–H groups in total. The zero-order valence-corrected chi connectivity index (χ0v) is 24.2. The molecule has 2 bridgehead atoms. The highest BCUT2D eigenvalue weighted by molar-refractivity contribution is 5.92. The van der Waals surface area contributed by atoms with Gasteiger partial charge < -0.3 is 19.5 Å². The van der Waals surface area contributed by atoms with Crippen LogP contribution in [0, 0.1) is 5.92 Å². The van der Waals surface area contributed by atoms with Crippen LogP contribution in [-0.4, -0.2) is 70.2 Å². The summed E-state index contributed by atoms with van der Waals surface area (Å²) in [7, 11) is 0. The lowest BCUT2D eigenvalue weighted by Crippen LogP contribution is -2.78. The van der Waals surface area contributed by atoms with Crippen molar-refractivity contribution in [2.75, 3.05) is 19.6 Å². The minimum absolute atomic E-state index is 0.0640. The molecule has 2 heterocycles. The molecule has 6 rings (SSSR count). The van der Waals surface area contributed by atoms with Gasteiger partial charge in [0.1, 0.15) is 6.10 Å². The second-order valence-electron chi connectivity index (χ2n) is 12.4. The molecule has 5 atom stereocenters. The third-order valence-corrected chi connectivity index (χ3v) is 9.61. The van der Waals surface area contributed by atoms with Crippen LogP contribution in [0.2, 0.25) is 0 Å². The van der Waals surface area contributed by atoms with Crippen LogP contribution in [0.3, 0.4) is 0 Å². The Bertz CT molecular complexity index is 1390. The van der Waals surface area contributed by atoms with Crippen molar-refractivity contribution in [3.8, 4) is 11.5 Å². The fraction of sp³-hybridized carbons (Fsp3) is 0.471. The van der Waals surface area contributed by atoms with Crippen molar-refractivity contribution in [3.05, 3.63) is 77.9 Å². The normalized spacial score (nSPS) is 29.6. The van der Waals surface area contributed by atoms with Crippen LogP contribution in [0.5, 0.6) is 11.5 Å². The number of likely N-dealkylation sites (tertiary alicyclic amines) is 1. The van der Waals surface area contributed by atoms with Gasteiger partial charge in [-0.05, 0) is 61.4 Å². The first-order valence-electron chi connectivity index (χ1n) is 14.8. The molecule has 0 radical (unpaired) electrons. The van der Waals surface area contributed by atoms with E-state index in [-0.39, 0.29) is 23.9 Å². The maximum Gasteiger partial charge on any atom is 0.308 e. The van der Waals surface area contributed by atoms with Gasteiger partial charge in [0, 0.05) is 37.7 Å². The molecular weight excluding hydrogens is 516 g/mol. The number of benzene rings is 2. The van der Waals surface area contributed by atoms with E-state index in [2.05, 4.69) is 25.3 Å². The Kier molecular flexibility index (Phi) is 7.07. The summed E-state index contributed by atoms with van der Waals surface area (Å²) in [6.07, 6.45) is 7.49. The monoisotopic (exact) mass is 556 g/mol. The van der Waals surface area contributed by atoms with E-state index in [9.17, 15) is 14.7 Å². The van der Waals surface area contributed by atoms with Crippen LogP contribution >= 0.6 is 0 Å². The summed E-state index contributed by atoms with van der Waals surface area (Å²) in [5.41, 5.74) is 1.30. The van der Waals surface area contributed by atoms with Crippen molar-refractivity contribution < 1.29 is 24.2 Å². The smallest absolute Gasteiger partial charge is 0.308 e. The average molecular weight is 557 g/mol. The van der Waals surface area contributed by atoms with Gasteiger partial charge in [-0.25, -0.2) is 0 Å². The van der Waals surface area contributed by atoms with Crippen molar-refractivity contribution >= 4 is 18.0 Å². The van der Waals surface area contributed by atoms with E-state index in [0.29, 0.717) is 50.3 Å². The SMILES string of the molecule is C=CCN1CC[C@]23c4c5ccc(OC(C)=O)c4O[C@H]2[C@@H](N(CC(C)C)C(=O)C=Cc2ccccc2)CC[C@@]3(O)[C@H]1C5. The number of nitrogens with zero attached hydrogens (tertiary/aromatic N) is 2. The molecule has 1 saturated heterocycles. The number of rotatable bonds is 8. The molecule has 2 aliphatic carbocycles. The van der Waals surface area contributed by atoms with E-state index in [0.717, 1.165) is 23.2 Å². The molecule has 1 spiro atoms. The first-order valence-corrected chi connectivity index (χ1v) is 14.8. The topological polar surface area (TPSA) is 79.3 Å². The number of esters is 1. The molecule has 216 valence electrons. The number of ether oxygens (including phenoxy) is 2. The molecule has 4 aliphatic rings. The summed E-state index contributed by atoms with van der Waals surface area (Å²) >= 11 is 0. The quantitative estimate of drug-likeness (QED) is 0.223. The number of aliphatic hydroxyl groups is 1. The van der Waals surface area contributed by atoms with Crippen LogP contribution in [-0.2, 0) is 21.4 Å². The second kappa shape index (κ2) is 10.4. The maximum absolute atomic E-state index is 13.9. The molecule has 1 amide bonds. The van der Waals surface area contributed by atoms with E-state index in [1.807, 2.05) is 59.5 Å². The van der Waals surface area contributed by atoms with Crippen molar-refractivity contribution in [2.45, 2.75) is 75.7 Å². The third-order valence-electron chi connectivity index (χ3n) is 9.61.